The van der Waals surface area contributed by atoms with Crippen LogP contribution in [0.2, 0.25) is 0 Å². The number of halogens is 2. The number of H-pyrrole nitrogens is 3. The van der Waals surface area contributed by atoms with Crippen molar-refractivity contribution in [1.82, 2.24) is 80.2 Å². The van der Waals surface area contributed by atoms with E-state index >= 15 is 0 Å². The Hall–Kier alpha value is -13.2. The molecule has 0 unspecified atom stereocenters. The van der Waals surface area contributed by atoms with E-state index in [1.54, 1.807) is 33.7 Å². The molecule has 1 fully saturated rings. The number of ether oxygens (including phenoxy) is 4. The first-order valence-corrected chi connectivity index (χ1v) is 39.9. The summed E-state index contributed by atoms with van der Waals surface area (Å²) in [5.41, 5.74) is 20.1. The Morgan fingerprint density at radius 3 is 1.09 bits per heavy atom. The second kappa shape index (κ2) is 46.9. The molecule has 1 saturated heterocycles. The van der Waals surface area contributed by atoms with Gasteiger partial charge in [-0.1, -0.05) is 115 Å². The molecule has 3 radical (unpaired) electrons. The number of carbonyl (C=O) groups is 4. The van der Waals surface area contributed by atoms with Gasteiger partial charge >= 0.3 is 41.5 Å². The number of alkyl halides is 2. The average Bonchev–Trinajstić information content (AvgIpc) is 1.59. The van der Waals surface area contributed by atoms with Crippen LogP contribution >= 0.6 is 23.2 Å². The minimum atomic E-state index is -0.639. The number of fused-ring (bicyclic) bond motifs is 12. The van der Waals surface area contributed by atoms with Gasteiger partial charge in [-0.3, -0.25) is 29.4 Å². The molecule has 18 aromatic rings. The molecule has 12 aromatic heterocycles. The van der Waals surface area contributed by atoms with Crippen LogP contribution in [0.15, 0.2) is 160 Å². The Morgan fingerprint density at radius 2 is 0.786 bits per heavy atom. The predicted octanol–water partition coefficient (Wildman–Crippen LogP) is 17.9. The number of aldehydes is 1. The molecule has 4 N–H and O–H groups in total. The topological polar surface area (TPSA) is 398 Å². The molecule has 0 aliphatic carbocycles. The number of aliphatic hydroxyl groups excluding tert-OH is 1. The number of aryl methyl sites for hydroxylation is 6. The zero-order valence-electron chi connectivity index (χ0n) is 70.4. The number of para-hydroxylation sites is 3. The summed E-state index contributed by atoms with van der Waals surface area (Å²) in [6, 6.07) is 42.0. The van der Waals surface area contributed by atoms with Crippen LogP contribution in [0.3, 0.4) is 0 Å². The van der Waals surface area contributed by atoms with E-state index in [9.17, 15) is 24.3 Å². The van der Waals surface area contributed by atoms with Crippen LogP contribution in [0, 0.1) is 41.5 Å². The number of nitrogens with one attached hydrogen (secondary N) is 3. The fraction of sp³-hybridized carbons (Fsp3) is 0.271. The van der Waals surface area contributed by atoms with Crippen molar-refractivity contribution in [2.45, 2.75) is 120 Å². The summed E-state index contributed by atoms with van der Waals surface area (Å²) < 4.78 is 42.9. The zero-order chi connectivity index (χ0) is 87.6. The van der Waals surface area contributed by atoms with Crippen molar-refractivity contribution in [2.75, 3.05) is 59.4 Å². The van der Waals surface area contributed by atoms with E-state index in [-0.39, 0.29) is 86.5 Å². The summed E-state index contributed by atoms with van der Waals surface area (Å²) in [5.74, 6) is 4.86. The molecular weight excluding hydrogens is 1720 g/mol. The number of aromatic amines is 3. The van der Waals surface area contributed by atoms with Gasteiger partial charge in [0, 0.05) is 146 Å². The SMILES string of the molecule is C.C.C.C.C.C.CC(=O)OOC(C)=O.COc1cc2c(cc1-c1c(C)noc1C)[nH]c1nc(C=O)nc(-c3ccnc4ccccc34)c12.COc1cc2c(cc1-c1c(C)noc1C)[nH]c1nc(CN3CCOCC3)nc(-c3ccnc4ccccc34)c12.COc1cc2c(cc1-c1c(C)noc1C)[nH]c1nc(CO)nc(-c3ccnc4ccccc34)c12.ClCCCl.[B-]OC(C)=O.[Na+]. The average molecular weight is 1830 g/mol. The molecule has 1 aliphatic rings. The van der Waals surface area contributed by atoms with Crippen molar-refractivity contribution >= 4 is 154 Å². The van der Waals surface area contributed by atoms with Crippen molar-refractivity contribution in [3.8, 4) is 84.4 Å². The Balaban J connectivity index is 0.000000241. The summed E-state index contributed by atoms with van der Waals surface area (Å²) in [6.45, 7) is 18.5. The zero-order valence-corrected chi connectivity index (χ0v) is 73.9. The summed E-state index contributed by atoms with van der Waals surface area (Å²) in [5, 5.41) is 30.6. The number of aromatic nitrogens is 15. The molecule has 1 aliphatic heterocycles. The maximum Gasteiger partial charge on any atom is 1.00 e. The van der Waals surface area contributed by atoms with Crippen molar-refractivity contribution in [1.29, 1.82) is 0 Å². The van der Waals surface area contributed by atoms with E-state index in [0.29, 0.717) is 64.7 Å². The normalized spacial score (nSPS) is 11.3. The number of carbonyl (C=O) groups excluding carboxylic acids is 4. The van der Waals surface area contributed by atoms with Crippen LogP contribution in [0.25, 0.3) is 166 Å². The number of rotatable bonds is 14. The van der Waals surface area contributed by atoms with Gasteiger partial charge < -0.3 is 65.3 Å². The van der Waals surface area contributed by atoms with Gasteiger partial charge in [-0.05, 0) is 114 Å². The third-order valence-electron chi connectivity index (χ3n) is 20.3. The monoisotopic (exact) mass is 1830 g/mol. The van der Waals surface area contributed by atoms with Crippen LogP contribution in [-0.4, -0.2) is 177 Å². The first-order valence-electron chi connectivity index (χ1n) is 38.8. The number of morpholine rings is 1. The minimum absolute atomic E-state index is 0. The molecule has 0 bridgehead atoms. The Morgan fingerprint density at radius 1 is 0.458 bits per heavy atom. The van der Waals surface area contributed by atoms with Gasteiger partial charge in [-0.2, -0.15) is 0 Å². The number of nitrogens with zero attached hydrogens (tertiary/aromatic N) is 13. The summed E-state index contributed by atoms with van der Waals surface area (Å²) in [4.78, 5) is 103. The van der Waals surface area contributed by atoms with E-state index in [0.717, 1.165) is 229 Å². The van der Waals surface area contributed by atoms with Crippen molar-refractivity contribution in [3.05, 3.63) is 198 Å². The molecule has 131 heavy (non-hydrogen) atoms. The van der Waals surface area contributed by atoms with Crippen molar-refractivity contribution in [2.24, 2.45) is 0 Å². The molecule has 0 spiro atoms. The van der Waals surface area contributed by atoms with E-state index in [2.05, 4.69) is 106 Å². The van der Waals surface area contributed by atoms with Crippen molar-refractivity contribution in [3.63, 3.8) is 0 Å². The predicted molar refractivity (Wildman–Crippen MR) is 511 cm³/mol. The maximum atomic E-state index is 11.7. The molecule has 31 nitrogen and oxygen atoms in total. The molecule has 0 atom stereocenters. The number of pyridine rings is 3. The fourth-order valence-corrected chi connectivity index (χ4v) is 15.0. The molecule has 677 valence electrons. The maximum absolute atomic E-state index is 11.7. The van der Waals surface area contributed by atoms with E-state index < -0.39 is 17.9 Å². The van der Waals surface area contributed by atoms with Gasteiger partial charge in [0.1, 0.15) is 63.9 Å². The first-order chi connectivity index (χ1) is 60.1. The second-order valence-corrected chi connectivity index (χ2v) is 29.0. The first kappa shape index (κ1) is 105. The number of benzene rings is 6. The van der Waals surface area contributed by atoms with E-state index in [4.69, 9.17) is 70.7 Å². The van der Waals surface area contributed by atoms with Gasteiger partial charge in [0.2, 0.25) is 5.97 Å². The van der Waals surface area contributed by atoms with Gasteiger partial charge in [0.05, 0.1) is 125 Å². The number of hydrogen-bond donors (Lipinski definition) is 4. The summed E-state index contributed by atoms with van der Waals surface area (Å²) in [6.07, 6.45) is 6.03. The minimum Gasteiger partial charge on any atom is -0.793 e. The molecule has 13 heterocycles. The second-order valence-electron chi connectivity index (χ2n) is 28.3. The third kappa shape index (κ3) is 22.3. The molecular formula is C96H105BCl2N16NaO15. The number of aliphatic hydroxyl groups is 1. The Labute approximate surface area is 791 Å². The number of hydrogen-bond acceptors (Lipinski definition) is 28. The standard InChI is InChI=1S/C30H28N6O3.C26H21N5O3.C26H19N5O3.C4H6O4.C2H3BO2.C2H4Cl2.6CH4.Na/c1-17-27(18(2)39-35-17)22-14-24-21(15-25(22)37-3)28-29(20-8-9-31-23-7-5-4-6-19(20)23)33-26(34-30(28)32-24)16-36-10-12-38-13-11-36;2*1-13-23(14(2)34-31-13)18-10-20-17(11-21(18)33-3)24-25(29-22(12-32)30-26(24)28-20)16-8-9-27-19-7-5-4-6-15(16)19;1-3(5)7-8-4(2)6;1-2(4)5-3;3-1-2-4;;;;;;;/h4-9,14-15H,10-13,16H2,1-3H3,(H,32,33,34);4-11,32H,12H2,1-3H3,(H,28,29,30);4-12H,1-3H3,(H,28,29,30);1-2H3;1H3;1-2H2;6*1H4;/q;;;;-1;;;;;;;;+1. The van der Waals surface area contributed by atoms with Crippen LogP contribution < -0.4 is 43.8 Å². The molecule has 6 aromatic carbocycles. The van der Waals surface area contributed by atoms with Crippen LogP contribution in [0.4, 0.5) is 0 Å². The van der Waals surface area contributed by atoms with Gasteiger partial charge in [-0.25, -0.2) is 49.3 Å². The molecule has 19 rings (SSSR count). The Kier molecular flexibility index (Phi) is 37.5. The number of methoxy groups -OCH3 is 3. The van der Waals surface area contributed by atoms with Crippen LogP contribution in [0.1, 0.15) is 122 Å². The van der Waals surface area contributed by atoms with Crippen LogP contribution in [0.5, 0.6) is 17.2 Å². The quantitative estimate of drug-likeness (QED) is 0.0258. The summed E-state index contributed by atoms with van der Waals surface area (Å²) >= 11 is 10.1. The van der Waals surface area contributed by atoms with Gasteiger partial charge in [0.15, 0.2) is 17.9 Å². The molecule has 35 heteroatoms. The van der Waals surface area contributed by atoms with E-state index in [1.165, 1.54) is 6.92 Å². The molecule has 0 saturated carbocycles. The van der Waals surface area contributed by atoms with Gasteiger partial charge in [0.25, 0.3) is 0 Å². The Bertz CT molecular complexity index is 6980. The smallest absolute Gasteiger partial charge is 0.793 e. The summed E-state index contributed by atoms with van der Waals surface area (Å²) in [7, 11) is 9.29. The largest absolute Gasteiger partial charge is 1.00 e. The van der Waals surface area contributed by atoms with Crippen molar-refractivity contribution < 1.29 is 101 Å². The molecule has 0 amide bonds. The fourth-order valence-electron chi connectivity index (χ4n) is 15.0. The van der Waals surface area contributed by atoms with Gasteiger partial charge in [-0.15, -0.1) is 23.2 Å². The van der Waals surface area contributed by atoms with E-state index in [1.807, 2.05) is 157 Å². The van der Waals surface area contributed by atoms with Crippen LogP contribution in [-0.2, 0) is 46.7 Å². The third-order valence-corrected chi connectivity index (χ3v) is 20.8.